The molecule has 13 heteroatoms. The van der Waals surface area contributed by atoms with Crippen LogP contribution in [-0.2, 0) is 10.2 Å². The van der Waals surface area contributed by atoms with E-state index in [1.54, 1.807) is 16.7 Å². The molecule has 10 N–H and O–H groups in total. The van der Waals surface area contributed by atoms with Crippen molar-refractivity contribution in [3.05, 3.63) is 29.3 Å². The van der Waals surface area contributed by atoms with Crippen LogP contribution in [-0.4, -0.2) is 87.8 Å². The molecule has 4 aliphatic heterocycles. The molecule has 5 aliphatic rings. The summed E-state index contributed by atoms with van der Waals surface area (Å²) in [5.41, 5.74) is 12.0. The number of para-hydroxylation sites is 1. The number of fused-ring (bicyclic) bond motifs is 1. The summed E-state index contributed by atoms with van der Waals surface area (Å²) in [6.45, 7) is 4.81. The number of aliphatic imine (C=N–C) groups is 1. The number of rotatable bonds is 5. The Balaban J connectivity index is 1.25. The zero-order chi connectivity index (χ0) is 29.2. The Bertz CT molecular complexity index is 1320. The van der Waals surface area contributed by atoms with Crippen LogP contribution in [0, 0.1) is 5.92 Å². The molecule has 4 atom stereocenters. The highest BCUT2D eigenvalue weighted by Crippen LogP contribution is 2.43. The van der Waals surface area contributed by atoms with Crippen LogP contribution in [0.2, 0.25) is 0 Å². The highest BCUT2D eigenvalue weighted by atomic mass is 16.5. The predicted octanol–water partition coefficient (Wildman–Crippen LogP) is -1.48. The molecule has 1 aliphatic carbocycles. The Hall–Kier alpha value is -3.58. The Morgan fingerprint density at radius 3 is 2.71 bits per heavy atom. The van der Waals surface area contributed by atoms with E-state index in [9.17, 15) is 19.8 Å². The fraction of sp³-hybridized carbons (Fsp3) is 0.643. The van der Waals surface area contributed by atoms with Crippen LogP contribution in [0.15, 0.2) is 23.2 Å². The Kier molecular flexibility index (Phi) is 6.57. The first kappa shape index (κ1) is 27.6. The van der Waals surface area contributed by atoms with E-state index in [0.29, 0.717) is 17.9 Å². The number of ether oxygens (including phenoxy) is 1. The molecule has 2 fully saturated rings. The normalized spacial score (nSPS) is 31.4. The van der Waals surface area contributed by atoms with Crippen LogP contribution in [0.5, 0.6) is 5.75 Å². The van der Waals surface area contributed by atoms with E-state index in [2.05, 4.69) is 40.1 Å². The number of guanidine groups is 2. The molecule has 13 nitrogen and oxygen atoms in total. The molecule has 41 heavy (non-hydrogen) atoms. The fourth-order valence-corrected chi connectivity index (χ4v) is 7.23. The average molecular weight is 570 g/mol. The maximum absolute atomic E-state index is 13.6. The Labute approximate surface area is 238 Å². The minimum absolute atomic E-state index is 0.00678. The van der Waals surface area contributed by atoms with Gasteiger partial charge in [0.15, 0.2) is 5.96 Å². The minimum atomic E-state index is -2.55. The van der Waals surface area contributed by atoms with Crippen LogP contribution in [0.3, 0.4) is 0 Å². The molecule has 1 spiro atoms. The van der Waals surface area contributed by atoms with Gasteiger partial charge in [-0.3, -0.25) is 20.6 Å². The van der Waals surface area contributed by atoms with Crippen molar-refractivity contribution in [3.8, 4) is 5.75 Å². The third kappa shape index (κ3) is 4.28. The molecule has 1 aromatic carbocycles. The Morgan fingerprint density at radius 1 is 1.20 bits per heavy atom. The van der Waals surface area contributed by atoms with Gasteiger partial charge in [0.25, 0.3) is 5.91 Å². The second kappa shape index (κ2) is 9.76. The number of aliphatic hydroxyl groups is 2. The highest BCUT2D eigenvalue weighted by molar-refractivity contribution is 5.98. The maximum Gasteiger partial charge on any atom is 0.346 e. The zero-order valence-electron chi connectivity index (χ0n) is 23.6. The quantitative estimate of drug-likeness (QED) is 0.154. The van der Waals surface area contributed by atoms with E-state index in [1.165, 1.54) is 0 Å². The molecular weight excluding hydrogens is 528 g/mol. The maximum atomic E-state index is 13.6. The smallest absolute Gasteiger partial charge is 0.346 e. The minimum Gasteiger partial charge on any atom is -0.492 e. The van der Waals surface area contributed by atoms with Gasteiger partial charge in [0, 0.05) is 11.5 Å². The number of hydrogen-bond donors (Lipinski definition) is 8. The fourth-order valence-electron chi connectivity index (χ4n) is 7.23. The lowest BCUT2D eigenvalue weighted by molar-refractivity contribution is -0.623. The summed E-state index contributed by atoms with van der Waals surface area (Å²) in [4.78, 5) is 31.0. The standard InChI is InChI=1S/C28H40N8O5/c1-26(2)11-12-41-20-16(9-6-10-17(20)26)23(38)33-19-14-36-25(30)32-18(13-31-22(37)15-7-4-3-5-8-15)21-27(36,28(19,39)40)35-24(29)34-21/h6,9-10,15,18-19,21,39-40H,3-5,7-8,11-14H2,1-2H3,(H7,29,30,31,32,33,34,35,37,38)/p+1/t18-,19?,21-,27-/m0/s1. The largest absolute Gasteiger partial charge is 0.492 e. The molecule has 6 rings (SSSR count). The summed E-state index contributed by atoms with van der Waals surface area (Å²) in [5.74, 6) is -2.45. The molecule has 4 heterocycles. The molecule has 0 aromatic heterocycles. The summed E-state index contributed by atoms with van der Waals surface area (Å²) < 4.78 is 7.46. The first-order valence-corrected chi connectivity index (χ1v) is 14.5. The number of carbonyl (C=O) groups excluding carboxylic acids is 2. The van der Waals surface area contributed by atoms with Gasteiger partial charge in [-0.25, -0.2) is 9.57 Å². The van der Waals surface area contributed by atoms with Crippen LogP contribution in [0.1, 0.15) is 68.3 Å². The second-order valence-electron chi connectivity index (χ2n) is 12.6. The van der Waals surface area contributed by atoms with Crippen molar-refractivity contribution < 1.29 is 29.1 Å². The molecule has 222 valence electrons. The van der Waals surface area contributed by atoms with Crippen molar-refractivity contribution in [2.75, 3.05) is 19.7 Å². The zero-order valence-corrected chi connectivity index (χ0v) is 23.6. The molecule has 0 radical (unpaired) electrons. The Morgan fingerprint density at radius 2 is 1.95 bits per heavy atom. The second-order valence-corrected chi connectivity index (χ2v) is 12.6. The van der Waals surface area contributed by atoms with Crippen molar-refractivity contribution >= 4 is 23.7 Å². The lowest BCUT2D eigenvalue weighted by atomic mass is 9.79. The first-order valence-electron chi connectivity index (χ1n) is 14.5. The van der Waals surface area contributed by atoms with Crippen LogP contribution >= 0.6 is 0 Å². The van der Waals surface area contributed by atoms with Crippen LogP contribution in [0.4, 0.5) is 0 Å². The van der Waals surface area contributed by atoms with E-state index < -0.39 is 35.5 Å². The van der Waals surface area contributed by atoms with E-state index in [4.69, 9.17) is 16.2 Å². The monoisotopic (exact) mass is 569 g/mol. The molecule has 1 aromatic rings. The van der Waals surface area contributed by atoms with Crippen molar-refractivity contribution in [3.63, 3.8) is 0 Å². The van der Waals surface area contributed by atoms with Crippen LogP contribution in [0.25, 0.3) is 0 Å². The average Bonchev–Trinajstić information content (AvgIpc) is 3.41. The molecular formula is C28H41N8O5+. The number of benzene rings is 1. The van der Waals surface area contributed by atoms with Crippen molar-refractivity contribution in [1.29, 1.82) is 0 Å². The van der Waals surface area contributed by atoms with Gasteiger partial charge in [0.2, 0.25) is 17.4 Å². The SMILES string of the molecule is CC1(C)CCOc2c(C(=O)NC3C[N+]4=C(N)N[C@@H](CNC(=O)C5CCCCC5)[C@@H]5N=C(N)N[C@@]54C3(O)O)cccc21. The van der Waals surface area contributed by atoms with E-state index >= 15 is 0 Å². The van der Waals surface area contributed by atoms with E-state index in [0.717, 1.165) is 44.1 Å². The van der Waals surface area contributed by atoms with Gasteiger partial charge >= 0.3 is 5.96 Å². The summed E-state index contributed by atoms with van der Waals surface area (Å²) in [6.07, 6.45) is 5.75. The van der Waals surface area contributed by atoms with Gasteiger partial charge in [0.05, 0.1) is 25.3 Å². The van der Waals surface area contributed by atoms with Crippen molar-refractivity contribution in [1.82, 2.24) is 21.3 Å². The van der Waals surface area contributed by atoms with Gasteiger partial charge in [-0.1, -0.05) is 45.2 Å². The molecule has 2 amide bonds. The van der Waals surface area contributed by atoms with Gasteiger partial charge < -0.3 is 36.6 Å². The lowest BCUT2D eigenvalue weighted by Crippen LogP contribution is -2.79. The predicted molar refractivity (Wildman–Crippen MR) is 150 cm³/mol. The van der Waals surface area contributed by atoms with Gasteiger partial charge in [0.1, 0.15) is 23.9 Å². The van der Waals surface area contributed by atoms with Gasteiger partial charge in [-0.2, -0.15) is 0 Å². The van der Waals surface area contributed by atoms with Gasteiger partial charge in [-0.05, 0) is 30.7 Å². The van der Waals surface area contributed by atoms with Crippen molar-refractivity contribution in [2.24, 2.45) is 22.4 Å². The number of nitrogens with two attached hydrogens (primary N) is 2. The molecule has 1 saturated carbocycles. The van der Waals surface area contributed by atoms with Gasteiger partial charge in [-0.15, -0.1) is 0 Å². The first-order chi connectivity index (χ1) is 19.5. The summed E-state index contributed by atoms with van der Waals surface area (Å²) in [5, 5.41) is 35.5. The summed E-state index contributed by atoms with van der Waals surface area (Å²) in [6, 6.07) is 2.82. The summed E-state index contributed by atoms with van der Waals surface area (Å²) >= 11 is 0. The van der Waals surface area contributed by atoms with Crippen molar-refractivity contribution in [2.45, 2.75) is 87.4 Å². The third-order valence-electron chi connectivity index (χ3n) is 9.61. The van der Waals surface area contributed by atoms with Crippen LogP contribution < -0.4 is 37.5 Å². The topological polar surface area (TPSA) is 199 Å². The number of carbonyl (C=O) groups is 2. The molecule has 1 saturated heterocycles. The third-order valence-corrected chi connectivity index (χ3v) is 9.61. The summed E-state index contributed by atoms with van der Waals surface area (Å²) in [7, 11) is 0. The van der Waals surface area contributed by atoms with E-state index in [-0.39, 0.29) is 42.2 Å². The molecule has 1 unspecified atom stereocenters. The molecule has 0 bridgehead atoms. The number of hydrogen-bond acceptors (Lipinski definition) is 10. The number of amides is 2. The van der Waals surface area contributed by atoms with E-state index in [1.807, 2.05) is 6.07 Å². The highest BCUT2D eigenvalue weighted by Gasteiger charge is 2.75. The number of nitrogens with zero attached hydrogens (tertiary/aromatic N) is 2. The lowest BCUT2D eigenvalue weighted by Gasteiger charge is -2.43. The number of nitrogens with one attached hydrogen (secondary N) is 4.